The lowest BCUT2D eigenvalue weighted by Crippen LogP contribution is -2.16. The van der Waals surface area contributed by atoms with Crippen molar-refractivity contribution in [3.8, 4) is 5.75 Å². The molecule has 0 aliphatic heterocycles. The molecule has 110 valence electrons. The van der Waals surface area contributed by atoms with Crippen LogP contribution in [0.4, 0.5) is 11.4 Å². The average molecular weight is 325 g/mol. The van der Waals surface area contributed by atoms with Crippen LogP contribution in [0.15, 0.2) is 30.3 Å². The lowest BCUT2D eigenvalue weighted by Gasteiger charge is -2.14. The summed E-state index contributed by atoms with van der Waals surface area (Å²) in [6, 6.07) is 8.43. The van der Waals surface area contributed by atoms with Gasteiger partial charge in [0.05, 0.1) is 22.8 Å². The number of carbonyl (C=O) groups is 1. The molecule has 3 N–H and O–H groups in total. The summed E-state index contributed by atoms with van der Waals surface area (Å²) in [5, 5.41) is 3.44. The third-order valence-corrected chi connectivity index (χ3v) is 3.83. The molecule has 0 bridgehead atoms. The highest BCUT2D eigenvalue weighted by Crippen LogP contribution is 2.34. The molecule has 0 spiro atoms. The number of hydrogen-bond donors (Lipinski definition) is 2. The van der Waals surface area contributed by atoms with E-state index in [4.69, 9.17) is 33.7 Å². The van der Waals surface area contributed by atoms with Gasteiger partial charge in [0.25, 0.3) is 5.91 Å². The van der Waals surface area contributed by atoms with Gasteiger partial charge >= 0.3 is 0 Å². The Kier molecular flexibility index (Phi) is 4.60. The van der Waals surface area contributed by atoms with Gasteiger partial charge in [-0.15, -0.1) is 0 Å². The highest BCUT2D eigenvalue weighted by atomic mass is 35.5. The van der Waals surface area contributed by atoms with Crippen LogP contribution in [0.3, 0.4) is 0 Å². The summed E-state index contributed by atoms with van der Waals surface area (Å²) < 4.78 is 5.16. The van der Waals surface area contributed by atoms with E-state index < -0.39 is 5.91 Å². The van der Waals surface area contributed by atoms with Crippen LogP contribution in [0.5, 0.6) is 5.75 Å². The molecule has 0 radical (unpaired) electrons. The van der Waals surface area contributed by atoms with E-state index in [1.807, 2.05) is 6.92 Å². The number of hydrogen-bond acceptors (Lipinski definition) is 3. The maximum Gasteiger partial charge on any atom is 0.261 e. The number of methoxy groups -OCH3 is 1. The Morgan fingerprint density at radius 3 is 2.62 bits per heavy atom. The van der Waals surface area contributed by atoms with Crippen molar-refractivity contribution < 1.29 is 9.53 Å². The topological polar surface area (TPSA) is 64.3 Å². The molecule has 6 heteroatoms. The predicted octanol–water partition coefficient (Wildman–Crippen LogP) is 4.14. The van der Waals surface area contributed by atoms with Gasteiger partial charge in [-0.2, -0.15) is 0 Å². The van der Waals surface area contributed by atoms with Gasteiger partial charge < -0.3 is 15.8 Å². The van der Waals surface area contributed by atoms with Crippen LogP contribution in [0, 0.1) is 6.92 Å². The smallest absolute Gasteiger partial charge is 0.261 e. The highest BCUT2D eigenvalue weighted by molar-refractivity contribution is 6.40. The Morgan fingerprint density at radius 2 is 1.95 bits per heavy atom. The molecule has 0 aliphatic carbocycles. The zero-order valence-corrected chi connectivity index (χ0v) is 13.0. The lowest BCUT2D eigenvalue weighted by molar-refractivity contribution is 0.102. The first-order valence-corrected chi connectivity index (χ1v) is 6.89. The normalized spacial score (nSPS) is 10.3. The van der Waals surface area contributed by atoms with Crippen molar-refractivity contribution in [3.05, 3.63) is 51.5 Å². The standard InChI is InChI=1S/C15H14Cl2N2O2/c1-8-6-7-9(16)14(13(8)17)19-15(20)12-10(18)4-3-5-11(12)21-2/h3-7H,18H2,1-2H3,(H,19,20). The van der Waals surface area contributed by atoms with E-state index in [9.17, 15) is 4.79 Å². The first-order chi connectivity index (χ1) is 9.95. The number of halogens is 2. The largest absolute Gasteiger partial charge is 0.496 e. The Bertz CT molecular complexity index is 702. The molecule has 1 amide bonds. The third kappa shape index (κ3) is 3.06. The SMILES string of the molecule is COc1cccc(N)c1C(=O)Nc1c(Cl)ccc(C)c1Cl. The van der Waals surface area contributed by atoms with E-state index in [1.165, 1.54) is 7.11 Å². The second kappa shape index (κ2) is 6.24. The number of rotatable bonds is 3. The zero-order valence-electron chi connectivity index (χ0n) is 11.5. The summed E-state index contributed by atoms with van der Waals surface area (Å²) >= 11 is 12.3. The van der Waals surface area contributed by atoms with E-state index in [0.717, 1.165) is 5.56 Å². The molecule has 21 heavy (non-hydrogen) atoms. The molecule has 0 aromatic heterocycles. The van der Waals surface area contributed by atoms with E-state index >= 15 is 0 Å². The summed E-state index contributed by atoms with van der Waals surface area (Å²) in [5.41, 5.74) is 7.57. The number of nitrogen functional groups attached to an aromatic ring is 1. The third-order valence-electron chi connectivity index (χ3n) is 3.03. The van der Waals surface area contributed by atoms with Gasteiger partial charge in [-0.1, -0.05) is 35.3 Å². The molecule has 0 saturated heterocycles. The van der Waals surface area contributed by atoms with Crippen LogP contribution in [-0.2, 0) is 0 Å². The number of carbonyl (C=O) groups excluding carboxylic acids is 1. The maximum atomic E-state index is 12.4. The van der Waals surface area contributed by atoms with Gasteiger partial charge in [-0.3, -0.25) is 4.79 Å². The summed E-state index contributed by atoms with van der Waals surface area (Å²) in [6.45, 7) is 1.83. The first-order valence-electron chi connectivity index (χ1n) is 6.14. The van der Waals surface area contributed by atoms with Crippen molar-refractivity contribution in [2.24, 2.45) is 0 Å². The van der Waals surface area contributed by atoms with E-state index in [1.54, 1.807) is 30.3 Å². The average Bonchev–Trinajstić information content (AvgIpc) is 2.47. The minimum atomic E-state index is -0.431. The monoisotopic (exact) mass is 324 g/mol. The quantitative estimate of drug-likeness (QED) is 0.834. The minimum Gasteiger partial charge on any atom is -0.496 e. The molecule has 0 atom stereocenters. The molecule has 0 unspecified atom stereocenters. The van der Waals surface area contributed by atoms with Crippen LogP contribution in [-0.4, -0.2) is 13.0 Å². The lowest BCUT2D eigenvalue weighted by atomic mass is 10.1. The van der Waals surface area contributed by atoms with E-state index in [0.29, 0.717) is 27.2 Å². The van der Waals surface area contributed by atoms with Crippen molar-refractivity contribution in [1.82, 2.24) is 0 Å². The summed E-state index contributed by atoms with van der Waals surface area (Å²) in [4.78, 5) is 12.4. The molecule has 2 aromatic carbocycles. The van der Waals surface area contributed by atoms with Crippen molar-refractivity contribution in [3.63, 3.8) is 0 Å². The molecule has 2 rings (SSSR count). The molecule has 2 aromatic rings. The van der Waals surface area contributed by atoms with Crippen molar-refractivity contribution in [1.29, 1.82) is 0 Å². The van der Waals surface area contributed by atoms with Crippen molar-refractivity contribution >= 4 is 40.5 Å². The fourth-order valence-corrected chi connectivity index (χ4v) is 2.37. The molecular weight excluding hydrogens is 311 g/mol. The number of anilines is 2. The number of ether oxygens (including phenoxy) is 1. The Balaban J connectivity index is 2.42. The second-order valence-corrected chi connectivity index (χ2v) is 5.22. The van der Waals surface area contributed by atoms with Crippen LogP contribution < -0.4 is 15.8 Å². The highest BCUT2D eigenvalue weighted by Gasteiger charge is 2.18. The summed E-state index contributed by atoms with van der Waals surface area (Å²) in [5.74, 6) is -0.0493. The number of amides is 1. The minimum absolute atomic E-state index is 0.244. The molecule has 4 nitrogen and oxygen atoms in total. The number of nitrogens with one attached hydrogen (secondary N) is 1. The Hall–Kier alpha value is -1.91. The second-order valence-electron chi connectivity index (χ2n) is 4.43. The maximum absolute atomic E-state index is 12.4. The molecule has 0 saturated carbocycles. The number of aryl methyl sites for hydroxylation is 1. The fourth-order valence-electron chi connectivity index (χ4n) is 1.91. The Labute approximate surface area is 132 Å². The van der Waals surface area contributed by atoms with Gasteiger partial charge in [-0.25, -0.2) is 0 Å². The van der Waals surface area contributed by atoms with Crippen molar-refractivity contribution in [2.75, 3.05) is 18.2 Å². The molecule has 0 aliphatic rings. The van der Waals surface area contributed by atoms with Gasteiger partial charge in [0, 0.05) is 5.69 Å². The fraction of sp³-hybridized carbons (Fsp3) is 0.133. The summed E-state index contributed by atoms with van der Waals surface area (Å²) in [6.07, 6.45) is 0. The van der Waals surface area contributed by atoms with Gasteiger partial charge in [0.15, 0.2) is 0 Å². The van der Waals surface area contributed by atoms with Crippen LogP contribution in [0.25, 0.3) is 0 Å². The van der Waals surface area contributed by atoms with Crippen LogP contribution in [0.1, 0.15) is 15.9 Å². The van der Waals surface area contributed by atoms with Crippen molar-refractivity contribution in [2.45, 2.75) is 6.92 Å². The molecule has 0 heterocycles. The molecule has 0 fully saturated rings. The predicted molar refractivity (Wildman–Crippen MR) is 86.6 cm³/mol. The molecular formula is C15H14Cl2N2O2. The van der Waals surface area contributed by atoms with Gasteiger partial charge in [0.1, 0.15) is 11.3 Å². The van der Waals surface area contributed by atoms with Gasteiger partial charge in [0.2, 0.25) is 0 Å². The first kappa shape index (κ1) is 15.5. The Morgan fingerprint density at radius 1 is 1.24 bits per heavy atom. The van der Waals surface area contributed by atoms with Crippen LogP contribution in [0.2, 0.25) is 10.0 Å². The van der Waals surface area contributed by atoms with E-state index in [-0.39, 0.29) is 5.56 Å². The summed E-state index contributed by atoms with van der Waals surface area (Å²) in [7, 11) is 1.47. The van der Waals surface area contributed by atoms with Crippen LogP contribution >= 0.6 is 23.2 Å². The van der Waals surface area contributed by atoms with Gasteiger partial charge in [-0.05, 0) is 30.7 Å². The number of nitrogens with two attached hydrogens (primary N) is 1. The van der Waals surface area contributed by atoms with E-state index in [2.05, 4.69) is 5.32 Å². The number of benzene rings is 2. The zero-order chi connectivity index (χ0) is 15.6.